The first-order chi connectivity index (χ1) is 13.7. The maximum absolute atomic E-state index is 12.7. The number of hydrogen-bond donors (Lipinski definition) is 2. The fourth-order valence-corrected chi connectivity index (χ4v) is 4.22. The minimum atomic E-state index is -0.531. The fourth-order valence-electron chi connectivity index (χ4n) is 3.75. The van der Waals surface area contributed by atoms with Crippen LogP contribution >= 0.6 is 11.8 Å². The number of aromatic nitrogens is 1. The highest BCUT2D eigenvalue weighted by molar-refractivity contribution is 7.98. The molecule has 0 bridgehead atoms. The molecule has 0 aliphatic heterocycles. The number of carbonyl (C=O) groups excluding carboxylic acids is 2. The van der Waals surface area contributed by atoms with Crippen LogP contribution in [0.15, 0.2) is 36.4 Å². The number of rotatable bonds is 9. The molecular formula is C22H29N3O2S. The predicted molar refractivity (Wildman–Crippen MR) is 116 cm³/mol. The highest BCUT2D eigenvalue weighted by atomic mass is 32.2. The van der Waals surface area contributed by atoms with Gasteiger partial charge in [-0.1, -0.05) is 49.9 Å². The van der Waals surface area contributed by atoms with Crippen LogP contribution in [0.5, 0.6) is 0 Å². The quantitative estimate of drug-likeness (QED) is 0.673. The van der Waals surface area contributed by atoms with E-state index < -0.39 is 6.04 Å². The van der Waals surface area contributed by atoms with Gasteiger partial charge in [-0.25, -0.2) is 4.98 Å². The Morgan fingerprint density at radius 3 is 2.75 bits per heavy atom. The maximum atomic E-state index is 12.7. The summed E-state index contributed by atoms with van der Waals surface area (Å²) in [5.41, 5.74) is 1.11. The van der Waals surface area contributed by atoms with Gasteiger partial charge in [0.15, 0.2) is 0 Å². The molecule has 1 atom stereocenters. The van der Waals surface area contributed by atoms with Crippen molar-refractivity contribution in [2.45, 2.75) is 44.6 Å². The van der Waals surface area contributed by atoms with Gasteiger partial charge in [-0.2, -0.15) is 11.8 Å². The Balaban J connectivity index is 1.59. The fraction of sp³-hybridized carbons (Fsp3) is 0.500. The molecule has 1 aromatic heterocycles. The van der Waals surface area contributed by atoms with Gasteiger partial charge in [0.25, 0.3) is 5.91 Å². The van der Waals surface area contributed by atoms with E-state index in [9.17, 15) is 9.59 Å². The summed E-state index contributed by atoms with van der Waals surface area (Å²) < 4.78 is 0. The first-order valence-corrected chi connectivity index (χ1v) is 11.5. The molecule has 0 radical (unpaired) electrons. The minimum absolute atomic E-state index is 0.0961. The van der Waals surface area contributed by atoms with Gasteiger partial charge in [-0.3, -0.25) is 9.59 Å². The summed E-state index contributed by atoms with van der Waals surface area (Å²) in [5.74, 6) is 1.15. The van der Waals surface area contributed by atoms with Crippen LogP contribution in [-0.2, 0) is 4.79 Å². The Bertz CT molecular complexity index is 805. The van der Waals surface area contributed by atoms with Crippen LogP contribution in [0.2, 0.25) is 0 Å². The number of fused-ring (bicyclic) bond motifs is 1. The van der Waals surface area contributed by atoms with Crippen molar-refractivity contribution in [1.29, 1.82) is 0 Å². The molecule has 6 heteroatoms. The van der Waals surface area contributed by atoms with Gasteiger partial charge in [0.2, 0.25) is 5.91 Å². The maximum Gasteiger partial charge on any atom is 0.270 e. The monoisotopic (exact) mass is 399 g/mol. The number of thioether (sulfide) groups is 1. The van der Waals surface area contributed by atoms with Crippen molar-refractivity contribution < 1.29 is 9.59 Å². The lowest BCUT2D eigenvalue weighted by Gasteiger charge is -2.19. The zero-order valence-corrected chi connectivity index (χ0v) is 17.3. The van der Waals surface area contributed by atoms with Crippen LogP contribution in [0.4, 0.5) is 0 Å². The van der Waals surface area contributed by atoms with Crippen molar-refractivity contribution in [3.05, 3.63) is 42.1 Å². The van der Waals surface area contributed by atoms with Gasteiger partial charge >= 0.3 is 0 Å². The molecule has 1 aliphatic rings. The molecule has 1 saturated carbocycles. The number of nitrogens with one attached hydrogen (secondary N) is 2. The summed E-state index contributed by atoms with van der Waals surface area (Å²) >= 11 is 1.67. The molecule has 1 fully saturated rings. The minimum Gasteiger partial charge on any atom is -0.354 e. The number of benzene rings is 1. The summed E-state index contributed by atoms with van der Waals surface area (Å²) in [6.07, 6.45) is 8.80. The third kappa shape index (κ3) is 5.71. The van der Waals surface area contributed by atoms with E-state index in [1.165, 1.54) is 25.7 Å². The van der Waals surface area contributed by atoms with Crippen LogP contribution in [0.1, 0.15) is 49.0 Å². The molecule has 0 spiro atoms. The second-order valence-corrected chi connectivity index (χ2v) is 8.41. The Morgan fingerprint density at radius 2 is 1.96 bits per heavy atom. The molecular weight excluding hydrogens is 370 g/mol. The molecule has 5 nitrogen and oxygen atoms in total. The predicted octanol–water partition coefficient (Wildman–Crippen LogP) is 3.78. The summed E-state index contributed by atoms with van der Waals surface area (Å²) in [7, 11) is 0. The first-order valence-electron chi connectivity index (χ1n) is 10.1. The van der Waals surface area contributed by atoms with E-state index in [0.717, 1.165) is 29.0 Å². The summed E-state index contributed by atoms with van der Waals surface area (Å²) in [6.45, 7) is 0.684. The number of para-hydroxylation sites is 1. The zero-order chi connectivity index (χ0) is 19.8. The molecule has 1 unspecified atom stereocenters. The van der Waals surface area contributed by atoms with Crippen molar-refractivity contribution in [3.63, 3.8) is 0 Å². The lowest BCUT2D eigenvalue weighted by molar-refractivity contribution is -0.123. The Kier molecular flexibility index (Phi) is 7.71. The van der Waals surface area contributed by atoms with Crippen molar-refractivity contribution in [1.82, 2.24) is 15.6 Å². The molecule has 3 rings (SSSR count). The molecule has 2 N–H and O–H groups in total. The standard InChI is InChI=1S/C22H29N3O2S/c1-28-15-13-20(21(26)23-14-12-16-6-2-3-7-16)25-22(27)19-11-10-17-8-4-5-9-18(17)24-19/h4-5,8-11,16,20H,2-3,6-7,12-15H2,1H3,(H,23,26)(H,25,27). The summed E-state index contributed by atoms with van der Waals surface area (Å²) in [5, 5.41) is 6.89. The summed E-state index contributed by atoms with van der Waals surface area (Å²) in [4.78, 5) is 29.8. The van der Waals surface area contributed by atoms with E-state index in [-0.39, 0.29) is 11.8 Å². The Hall–Kier alpha value is -2.08. The van der Waals surface area contributed by atoms with E-state index in [1.807, 2.05) is 36.6 Å². The average Bonchev–Trinajstić information content (AvgIpc) is 3.24. The molecule has 0 saturated heterocycles. The van der Waals surface area contributed by atoms with Gasteiger partial charge in [0, 0.05) is 11.9 Å². The lowest BCUT2D eigenvalue weighted by atomic mass is 10.0. The number of nitrogens with zero attached hydrogens (tertiary/aromatic N) is 1. The number of pyridine rings is 1. The van der Waals surface area contributed by atoms with E-state index in [2.05, 4.69) is 15.6 Å². The van der Waals surface area contributed by atoms with E-state index >= 15 is 0 Å². The first kappa shape index (κ1) is 20.6. The van der Waals surface area contributed by atoms with Gasteiger partial charge in [0.05, 0.1) is 5.52 Å². The van der Waals surface area contributed by atoms with Gasteiger partial charge in [-0.15, -0.1) is 0 Å². The number of carbonyl (C=O) groups is 2. The molecule has 1 aromatic carbocycles. The second kappa shape index (κ2) is 10.5. The van der Waals surface area contributed by atoms with E-state index in [1.54, 1.807) is 17.8 Å². The van der Waals surface area contributed by atoms with Gasteiger partial charge < -0.3 is 10.6 Å². The molecule has 2 amide bonds. The molecule has 1 aliphatic carbocycles. The highest BCUT2D eigenvalue weighted by Crippen LogP contribution is 2.26. The molecule has 1 heterocycles. The molecule has 28 heavy (non-hydrogen) atoms. The Labute approximate surface area is 171 Å². The van der Waals surface area contributed by atoms with Crippen molar-refractivity contribution in [3.8, 4) is 0 Å². The van der Waals surface area contributed by atoms with Crippen molar-refractivity contribution >= 4 is 34.5 Å². The van der Waals surface area contributed by atoms with Crippen LogP contribution in [0.3, 0.4) is 0 Å². The van der Waals surface area contributed by atoms with Gasteiger partial charge in [0.1, 0.15) is 11.7 Å². The highest BCUT2D eigenvalue weighted by Gasteiger charge is 2.22. The SMILES string of the molecule is CSCCC(NC(=O)c1ccc2ccccc2n1)C(=O)NCCC1CCCC1. The van der Waals surface area contributed by atoms with Crippen molar-refractivity contribution in [2.75, 3.05) is 18.6 Å². The number of hydrogen-bond acceptors (Lipinski definition) is 4. The Morgan fingerprint density at radius 1 is 1.18 bits per heavy atom. The number of amides is 2. The van der Waals surface area contributed by atoms with E-state index in [4.69, 9.17) is 0 Å². The van der Waals surface area contributed by atoms with Gasteiger partial charge in [-0.05, 0) is 42.9 Å². The van der Waals surface area contributed by atoms with Crippen LogP contribution < -0.4 is 10.6 Å². The second-order valence-electron chi connectivity index (χ2n) is 7.43. The zero-order valence-electron chi connectivity index (χ0n) is 16.4. The smallest absolute Gasteiger partial charge is 0.270 e. The third-order valence-electron chi connectivity index (χ3n) is 5.39. The van der Waals surface area contributed by atoms with Crippen LogP contribution in [0, 0.1) is 5.92 Å². The molecule has 150 valence electrons. The lowest BCUT2D eigenvalue weighted by Crippen LogP contribution is -2.47. The average molecular weight is 400 g/mol. The van der Waals surface area contributed by atoms with E-state index in [0.29, 0.717) is 18.7 Å². The van der Waals surface area contributed by atoms with Crippen LogP contribution in [-0.4, -0.2) is 41.4 Å². The normalized spacial score (nSPS) is 15.5. The largest absolute Gasteiger partial charge is 0.354 e. The summed E-state index contributed by atoms with van der Waals surface area (Å²) in [6, 6.07) is 10.7. The van der Waals surface area contributed by atoms with Crippen LogP contribution in [0.25, 0.3) is 10.9 Å². The molecule has 2 aromatic rings. The van der Waals surface area contributed by atoms with Crippen molar-refractivity contribution in [2.24, 2.45) is 5.92 Å². The third-order valence-corrected chi connectivity index (χ3v) is 6.03. The topological polar surface area (TPSA) is 71.1 Å².